The minimum Gasteiger partial charge on any atom is -0.394 e. The van der Waals surface area contributed by atoms with Crippen LogP contribution < -0.4 is 0 Å². The Morgan fingerprint density at radius 2 is 1.45 bits per heavy atom. The summed E-state index contributed by atoms with van der Waals surface area (Å²) in [4.78, 5) is 0. The zero-order valence-corrected chi connectivity index (χ0v) is 11.8. The molecular weight excluding hydrogens is 304 g/mol. The van der Waals surface area contributed by atoms with E-state index >= 15 is 0 Å². The van der Waals surface area contributed by atoms with Crippen LogP contribution in [0.5, 0.6) is 0 Å². The topological polar surface area (TPSA) is 169 Å². The molecule has 0 amide bonds. The third-order valence-electron chi connectivity index (χ3n) is 3.94. The van der Waals surface area contributed by atoms with E-state index in [2.05, 4.69) is 0 Å². The van der Waals surface area contributed by atoms with Gasteiger partial charge in [0.15, 0.2) is 12.6 Å². The van der Waals surface area contributed by atoms with Crippen molar-refractivity contribution in [3.05, 3.63) is 0 Å². The molecular formula is C12H22O10. The van der Waals surface area contributed by atoms with Crippen LogP contribution in [0.3, 0.4) is 0 Å². The smallest absolute Gasteiger partial charge is 0.187 e. The predicted octanol–water partition coefficient (Wildman–Crippen LogP) is -4.37. The molecule has 2 saturated heterocycles. The van der Waals surface area contributed by atoms with Gasteiger partial charge in [-0.2, -0.15) is 0 Å². The molecule has 22 heavy (non-hydrogen) atoms. The SMILES string of the molecule is CC1O[C@@H](O)C(O)[C@@H](O[C@H]2O[C@@H](CO)[C@@H](O)C(O)C2O)[C@H]1O. The number of rotatable bonds is 3. The molecule has 7 N–H and O–H groups in total. The first-order chi connectivity index (χ1) is 10.3. The summed E-state index contributed by atoms with van der Waals surface area (Å²) in [6, 6.07) is 0. The number of hydrogen-bond acceptors (Lipinski definition) is 10. The van der Waals surface area contributed by atoms with Crippen LogP contribution >= 0.6 is 0 Å². The van der Waals surface area contributed by atoms with Gasteiger partial charge in [-0.3, -0.25) is 0 Å². The van der Waals surface area contributed by atoms with Crippen molar-refractivity contribution < 1.29 is 50.0 Å². The van der Waals surface area contributed by atoms with Gasteiger partial charge in [-0.05, 0) is 6.92 Å². The highest BCUT2D eigenvalue weighted by Gasteiger charge is 2.49. The molecule has 130 valence electrons. The molecule has 2 fully saturated rings. The molecule has 0 bridgehead atoms. The lowest BCUT2D eigenvalue weighted by molar-refractivity contribution is -0.353. The quantitative estimate of drug-likeness (QED) is 0.269. The second-order valence-electron chi connectivity index (χ2n) is 5.51. The molecule has 4 unspecified atom stereocenters. The molecule has 0 aromatic rings. The zero-order chi connectivity index (χ0) is 16.6. The third-order valence-corrected chi connectivity index (χ3v) is 3.94. The maximum Gasteiger partial charge on any atom is 0.187 e. The molecule has 10 atom stereocenters. The van der Waals surface area contributed by atoms with Crippen LogP contribution in [0.15, 0.2) is 0 Å². The van der Waals surface area contributed by atoms with Gasteiger partial charge in [-0.1, -0.05) is 0 Å². The van der Waals surface area contributed by atoms with E-state index in [0.717, 1.165) is 0 Å². The highest BCUT2D eigenvalue weighted by Crippen LogP contribution is 2.28. The summed E-state index contributed by atoms with van der Waals surface area (Å²) in [5.74, 6) is 0. The second kappa shape index (κ2) is 7.01. The molecule has 0 spiro atoms. The molecule has 2 aliphatic rings. The van der Waals surface area contributed by atoms with E-state index in [1.54, 1.807) is 0 Å². The molecule has 10 nitrogen and oxygen atoms in total. The summed E-state index contributed by atoms with van der Waals surface area (Å²) in [5, 5.41) is 67.6. The summed E-state index contributed by atoms with van der Waals surface area (Å²) >= 11 is 0. The van der Waals surface area contributed by atoms with Gasteiger partial charge in [0.2, 0.25) is 0 Å². The predicted molar refractivity (Wildman–Crippen MR) is 67.2 cm³/mol. The molecule has 0 aromatic heterocycles. The van der Waals surface area contributed by atoms with Crippen molar-refractivity contribution in [1.82, 2.24) is 0 Å². The van der Waals surface area contributed by atoms with Crippen LogP contribution in [0.25, 0.3) is 0 Å². The van der Waals surface area contributed by atoms with Crippen LogP contribution in [0.1, 0.15) is 6.92 Å². The maximum atomic E-state index is 9.96. The molecule has 0 aromatic carbocycles. The largest absolute Gasteiger partial charge is 0.394 e. The fourth-order valence-corrected chi connectivity index (χ4v) is 2.51. The van der Waals surface area contributed by atoms with Gasteiger partial charge in [-0.25, -0.2) is 0 Å². The van der Waals surface area contributed by atoms with E-state index in [1.165, 1.54) is 6.92 Å². The highest BCUT2D eigenvalue weighted by atomic mass is 16.7. The summed E-state index contributed by atoms with van der Waals surface area (Å²) in [7, 11) is 0. The number of aliphatic hydroxyl groups is 7. The Kier molecular flexibility index (Phi) is 5.72. The summed E-state index contributed by atoms with van der Waals surface area (Å²) < 4.78 is 15.3. The van der Waals surface area contributed by atoms with Crippen molar-refractivity contribution in [2.75, 3.05) is 6.61 Å². The summed E-state index contributed by atoms with van der Waals surface area (Å²) in [5.41, 5.74) is 0. The molecule has 0 radical (unpaired) electrons. The van der Waals surface area contributed by atoms with E-state index in [0.29, 0.717) is 0 Å². The number of ether oxygens (including phenoxy) is 3. The Morgan fingerprint density at radius 1 is 0.818 bits per heavy atom. The van der Waals surface area contributed by atoms with Gasteiger partial charge in [0, 0.05) is 0 Å². The van der Waals surface area contributed by atoms with Crippen LogP contribution in [-0.4, -0.2) is 104 Å². The molecule has 10 heteroatoms. The fourth-order valence-electron chi connectivity index (χ4n) is 2.51. The molecule has 2 heterocycles. The van der Waals surface area contributed by atoms with E-state index < -0.39 is 68.0 Å². The first-order valence-electron chi connectivity index (χ1n) is 6.93. The van der Waals surface area contributed by atoms with Gasteiger partial charge >= 0.3 is 0 Å². The minimum atomic E-state index is -1.67. The monoisotopic (exact) mass is 326 g/mol. The van der Waals surface area contributed by atoms with Crippen molar-refractivity contribution in [1.29, 1.82) is 0 Å². The summed E-state index contributed by atoms with van der Waals surface area (Å²) in [6.07, 6.45) is -14.3. The zero-order valence-electron chi connectivity index (χ0n) is 11.8. The van der Waals surface area contributed by atoms with Crippen LogP contribution in [0, 0.1) is 0 Å². The standard InChI is InChI=1S/C12H22O10/c1-3-5(14)10(9(18)11(19)20-3)22-12-8(17)7(16)6(15)4(2-13)21-12/h3-19H,2H2,1H3/t3?,4-,5-,6+,7?,8?,9?,10-,11+,12+/m0/s1. The number of hydrogen-bond donors (Lipinski definition) is 7. The van der Waals surface area contributed by atoms with Gasteiger partial charge in [0.05, 0.1) is 12.7 Å². The molecule has 2 rings (SSSR count). The van der Waals surface area contributed by atoms with Crippen molar-refractivity contribution in [2.45, 2.75) is 68.3 Å². The maximum absolute atomic E-state index is 9.96. The van der Waals surface area contributed by atoms with E-state index in [4.69, 9.17) is 19.3 Å². The van der Waals surface area contributed by atoms with Crippen molar-refractivity contribution in [3.8, 4) is 0 Å². The Morgan fingerprint density at radius 3 is 2.05 bits per heavy atom. The van der Waals surface area contributed by atoms with Crippen molar-refractivity contribution >= 4 is 0 Å². The molecule has 0 saturated carbocycles. The van der Waals surface area contributed by atoms with Gasteiger partial charge in [0.1, 0.15) is 42.7 Å². The first-order valence-corrected chi connectivity index (χ1v) is 6.93. The van der Waals surface area contributed by atoms with E-state index in [1.807, 2.05) is 0 Å². The molecule has 0 aliphatic carbocycles. The third kappa shape index (κ3) is 3.26. The Bertz CT molecular complexity index is 352. The Balaban J connectivity index is 2.10. The van der Waals surface area contributed by atoms with Crippen LogP contribution in [0.4, 0.5) is 0 Å². The lowest BCUT2D eigenvalue weighted by Crippen LogP contribution is -2.63. The Hall–Kier alpha value is -0.400. The Labute approximate surface area is 126 Å². The van der Waals surface area contributed by atoms with Gasteiger partial charge in [0.25, 0.3) is 0 Å². The molecule has 2 aliphatic heterocycles. The summed E-state index contributed by atoms with van der Waals surface area (Å²) in [6.45, 7) is 0.812. The van der Waals surface area contributed by atoms with Crippen molar-refractivity contribution in [2.24, 2.45) is 0 Å². The van der Waals surface area contributed by atoms with Crippen molar-refractivity contribution in [3.63, 3.8) is 0 Å². The second-order valence-corrected chi connectivity index (χ2v) is 5.51. The average Bonchev–Trinajstić information content (AvgIpc) is 2.49. The lowest BCUT2D eigenvalue weighted by atomic mass is 9.97. The van der Waals surface area contributed by atoms with Crippen LogP contribution in [-0.2, 0) is 14.2 Å². The first kappa shape index (κ1) is 17.9. The van der Waals surface area contributed by atoms with E-state index in [9.17, 15) is 30.6 Å². The number of aliphatic hydroxyl groups excluding tert-OH is 7. The minimum absolute atomic E-state index is 0.636. The average molecular weight is 326 g/mol. The lowest BCUT2D eigenvalue weighted by Gasteiger charge is -2.44. The van der Waals surface area contributed by atoms with Crippen LogP contribution in [0.2, 0.25) is 0 Å². The van der Waals surface area contributed by atoms with Gasteiger partial charge < -0.3 is 50.0 Å². The fraction of sp³-hybridized carbons (Fsp3) is 1.00. The highest BCUT2D eigenvalue weighted by molar-refractivity contribution is 4.92. The van der Waals surface area contributed by atoms with Gasteiger partial charge in [-0.15, -0.1) is 0 Å². The normalized spacial score (nSPS) is 53.5. The van der Waals surface area contributed by atoms with E-state index in [-0.39, 0.29) is 0 Å².